The van der Waals surface area contributed by atoms with Gasteiger partial charge in [0.15, 0.2) is 0 Å². The highest BCUT2D eigenvalue weighted by Gasteiger charge is 2.21. The van der Waals surface area contributed by atoms with Crippen molar-refractivity contribution in [1.29, 1.82) is 0 Å². The maximum Gasteiger partial charge on any atom is 0.252 e. The van der Waals surface area contributed by atoms with E-state index in [-0.39, 0.29) is 0 Å². The predicted octanol–water partition coefficient (Wildman–Crippen LogP) is 2.72. The van der Waals surface area contributed by atoms with E-state index < -0.39 is 0 Å². The quantitative estimate of drug-likeness (QED) is 0.583. The number of aromatic nitrogens is 4. The highest BCUT2D eigenvalue weighted by atomic mass is 15.5. The van der Waals surface area contributed by atoms with Gasteiger partial charge in [-0.1, -0.05) is 6.07 Å². The van der Waals surface area contributed by atoms with E-state index in [2.05, 4.69) is 19.9 Å². The highest BCUT2D eigenvalue weighted by Crippen LogP contribution is 2.23. The van der Waals surface area contributed by atoms with Crippen molar-refractivity contribution in [1.82, 2.24) is 19.9 Å². The van der Waals surface area contributed by atoms with Crippen LogP contribution in [0.25, 0.3) is 0 Å². The molecule has 2 aliphatic rings. The number of rotatable bonds is 5. The molecular weight excluding hydrogens is 352 g/mol. The summed E-state index contributed by atoms with van der Waals surface area (Å²) >= 11 is 0. The molecule has 4 rings (SSSR count). The summed E-state index contributed by atoms with van der Waals surface area (Å²) < 4.78 is 0. The molecule has 0 unspecified atom stereocenters. The van der Waals surface area contributed by atoms with Crippen LogP contribution >= 0.6 is 0 Å². The predicted molar refractivity (Wildman–Crippen MR) is 112 cm³/mol. The first-order valence-electron chi connectivity index (χ1n) is 10.2. The van der Waals surface area contributed by atoms with Crippen molar-refractivity contribution >= 4 is 24.1 Å². The fraction of sp³-hybridized carbons (Fsp3) is 0.550. The SMILES string of the molecule is CN(/N=C\c1cccnc1)c1nc(N2CCCCC2)nc(N2CCCCC2)n1. The van der Waals surface area contributed by atoms with Crippen LogP contribution in [0.1, 0.15) is 44.1 Å². The molecule has 0 aliphatic carbocycles. The second-order valence-corrected chi connectivity index (χ2v) is 7.39. The lowest BCUT2D eigenvalue weighted by atomic mass is 10.1. The van der Waals surface area contributed by atoms with Crippen LogP contribution in [0.5, 0.6) is 0 Å². The van der Waals surface area contributed by atoms with E-state index >= 15 is 0 Å². The third-order valence-electron chi connectivity index (χ3n) is 5.23. The van der Waals surface area contributed by atoms with Gasteiger partial charge in [0.25, 0.3) is 5.95 Å². The number of hydrazone groups is 1. The van der Waals surface area contributed by atoms with Gasteiger partial charge in [-0.05, 0) is 44.6 Å². The van der Waals surface area contributed by atoms with Crippen LogP contribution in [-0.2, 0) is 0 Å². The van der Waals surface area contributed by atoms with E-state index in [1.165, 1.54) is 38.5 Å². The molecule has 0 atom stereocenters. The molecule has 4 heterocycles. The number of anilines is 3. The highest BCUT2D eigenvalue weighted by molar-refractivity contribution is 5.79. The van der Waals surface area contributed by atoms with E-state index in [1.807, 2.05) is 19.2 Å². The monoisotopic (exact) mass is 380 g/mol. The van der Waals surface area contributed by atoms with Crippen molar-refractivity contribution in [2.45, 2.75) is 38.5 Å². The molecule has 0 saturated carbocycles. The van der Waals surface area contributed by atoms with E-state index in [9.17, 15) is 0 Å². The van der Waals surface area contributed by atoms with Crippen molar-refractivity contribution < 1.29 is 0 Å². The second kappa shape index (κ2) is 8.95. The molecule has 8 heteroatoms. The average Bonchev–Trinajstić information content (AvgIpc) is 2.79. The minimum Gasteiger partial charge on any atom is -0.341 e. The molecule has 0 aromatic carbocycles. The lowest BCUT2D eigenvalue weighted by Gasteiger charge is -2.30. The summed E-state index contributed by atoms with van der Waals surface area (Å²) in [6, 6.07) is 3.86. The van der Waals surface area contributed by atoms with Gasteiger partial charge in [0, 0.05) is 51.2 Å². The Morgan fingerprint density at radius 2 is 1.50 bits per heavy atom. The topological polar surface area (TPSA) is 73.6 Å². The molecule has 0 radical (unpaired) electrons. The van der Waals surface area contributed by atoms with Crippen LogP contribution in [0.2, 0.25) is 0 Å². The van der Waals surface area contributed by atoms with Crippen molar-refractivity contribution in [3.63, 3.8) is 0 Å². The minimum absolute atomic E-state index is 0.580. The van der Waals surface area contributed by atoms with E-state index in [1.54, 1.807) is 23.6 Å². The molecule has 28 heavy (non-hydrogen) atoms. The summed E-state index contributed by atoms with van der Waals surface area (Å²) in [5, 5.41) is 6.23. The molecule has 0 spiro atoms. The van der Waals surface area contributed by atoms with Crippen molar-refractivity contribution in [2.75, 3.05) is 48.0 Å². The Bertz CT molecular complexity index is 746. The van der Waals surface area contributed by atoms with Gasteiger partial charge in [-0.25, -0.2) is 5.01 Å². The zero-order valence-electron chi connectivity index (χ0n) is 16.5. The lowest BCUT2D eigenvalue weighted by molar-refractivity contribution is 0.555. The largest absolute Gasteiger partial charge is 0.341 e. The molecular formula is C20H28N8. The van der Waals surface area contributed by atoms with Gasteiger partial charge < -0.3 is 9.80 Å². The Balaban J connectivity index is 1.61. The van der Waals surface area contributed by atoms with E-state index in [4.69, 9.17) is 15.0 Å². The summed E-state index contributed by atoms with van der Waals surface area (Å²) in [5.74, 6) is 2.12. The van der Waals surface area contributed by atoms with Crippen molar-refractivity contribution in [3.8, 4) is 0 Å². The molecule has 2 aromatic heterocycles. The minimum atomic E-state index is 0.580. The fourth-order valence-electron chi connectivity index (χ4n) is 3.62. The van der Waals surface area contributed by atoms with Gasteiger partial charge in [-0.15, -0.1) is 0 Å². The molecule has 0 N–H and O–H groups in total. The Morgan fingerprint density at radius 3 is 2.04 bits per heavy atom. The van der Waals surface area contributed by atoms with Crippen molar-refractivity contribution in [2.24, 2.45) is 5.10 Å². The molecule has 2 aromatic rings. The van der Waals surface area contributed by atoms with Crippen LogP contribution in [0.4, 0.5) is 17.8 Å². The number of piperidine rings is 2. The van der Waals surface area contributed by atoms with Gasteiger partial charge in [0.2, 0.25) is 11.9 Å². The van der Waals surface area contributed by atoms with E-state index in [0.717, 1.165) is 43.6 Å². The average molecular weight is 381 g/mol. The molecule has 148 valence electrons. The first-order valence-corrected chi connectivity index (χ1v) is 10.2. The summed E-state index contributed by atoms with van der Waals surface area (Å²) in [6.07, 6.45) is 12.6. The molecule has 8 nitrogen and oxygen atoms in total. The smallest absolute Gasteiger partial charge is 0.252 e. The molecule has 2 fully saturated rings. The summed E-state index contributed by atoms with van der Waals surface area (Å²) in [4.78, 5) is 23.0. The second-order valence-electron chi connectivity index (χ2n) is 7.39. The van der Waals surface area contributed by atoms with Crippen LogP contribution in [0.15, 0.2) is 29.6 Å². The van der Waals surface area contributed by atoms with Gasteiger partial charge in [0.05, 0.1) is 6.21 Å². The molecule has 0 bridgehead atoms. The number of nitrogens with zero attached hydrogens (tertiary/aromatic N) is 8. The Kier molecular flexibility index (Phi) is 5.94. The van der Waals surface area contributed by atoms with Crippen LogP contribution in [0.3, 0.4) is 0 Å². The normalized spacial score (nSPS) is 17.9. The summed E-state index contributed by atoms with van der Waals surface area (Å²) in [5.41, 5.74) is 0.941. The maximum absolute atomic E-state index is 4.82. The van der Waals surface area contributed by atoms with Crippen molar-refractivity contribution in [3.05, 3.63) is 30.1 Å². The maximum atomic E-state index is 4.82. The van der Waals surface area contributed by atoms with Gasteiger partial charge in [-0.2, -0.15) is 20.1 Å². The summed E-state index contributed by atoms with van der Waals surface area (Å²) in [6.45, 7) is 4.02. The number of hydrogen-bond donors (Lipinski definition) is 0. The number of hydrogen-bond acceptors (Lipinski definition) is 8. The van der Waals surface area contributed by atoms with Crippen LogP contribution in [-0.4, -0.2) is 59.4 Å². The van der Waals surface area contributed by atoms with Crippen LogP contribution < -0.4 is 14.8 Å². The third-order valence-corrected chi connectivity index (χ3v) is 5.23. The lowest BCUT2D eigenvalue weighted by Crippen LogP contribution is -2.35. The zero-order chi connectivity index (χ0) is 19.2. The Morgan fingerprint density at radius 1 is 0.893 bits per heavy atom. The van der Waals surface area contributed by atoms with Crippen LogP contribution in [0, 0.1) is 0 Å². The molecule has 0 amide bonds. The van der Waals surface area contributed by atoms with E-state index in [0.29, 0.717) is 5.95 Å². The molecule has 2 aliphatic heterocycles. The molecule has 2 saturated heterocycles. The first kappa shape index (κ1) is 18.6. The van der Waals surface area contributed by atoms with Gasteiger partial charge >= 0.3 is 0 Å². The fourth-order valence-corrected chi connectivity index (χ4v) is 3.62. The zero-order valence-corrected chi connectivity index (χ0v) is 16.5. The first-order chi connectivity index (χ1) is 13.8. The Hall–Kier alpha value is -2.77. The van der Waals surface area contributed by atoms with Gasteiger partial charge in [0.1, 0.15) is 0 Å². The third kappa shape index (κ3) is 4.55. The standard InChI is InChI=1S/C20H28N8/c1-26(22-16-17-9-8-10-21-15-17)18-23-19(27-11-4-2-5-12-27)25-20(24-18)28-13-6-3-7-14-28/h8-10,15-16H,2-7,11-14H2,1H3/b22-16-. The number of pyridine rings is 1. The van der Waals surface area contributed by atoms with Gasteiger partial charge in [-0.3, -0.25) is 4.98 Å². The Labute approximate surface area is 166 Å². The summed E-state index contributed by atoms with van der Waals surface area (Å²) in [7, 11) is 1.88.